The van der Waals surface area contributed by atoms with E-state index in [1.807, 2.05) is 13.8 Å². The molecule has 2 unspecified atom stereocenters. The summed E-state index contributed by atoms with van der Waals surface area (Å²) in [7, 11) is -4.61. The summed E-state index contributed by atoms with van der Waals surface area (Å²) < 4.78 is 42.8. The molecule has 2 aromatic carbocycles. The Morgan fingerprint density at radius 3 is 2.33 bits per heavy atom. The Bertz CT molecular complexity index is 1570. The number of nitrogens with zero attached hydrogens (tertiary/aromatic N) is 2. The molecule has 0 bridgehead atoms. The van der Waals surface area contributed by atoms with Crippen LogP contribution in [0.15, 0.2) is 67.0 Å². The molecule has 16 nitrogen and oxygen atoms in total. The van der Waals surface area contributed by atoms with Crippen LogP contribution in [-0.2, 0) is 39.5 Å². The van der Waals surface area contributed by atoms with Gasteiger partial charge in [-0.25, -0.2) is 9.55 Å². The molecule has 1 fully saturated rings. The lowest BCUT2D eigenvalue weighted by Crippen LogP contribution is -2.40. The molecule has 1 aliphatic heterocycles. The zero-order valence-electron chi connectivity index (χ0n) is 26.3. The molecule has 4 rings (SSSR count). The summed E-state index contributed by atoms with van der Waals surface area (Å²) in [4.78, 5) is 41.3. The van der Waals surface area contributed by atoms with Crippen LogP contribution in [0.4, 0.5) is 0 Å². The van der Waals surface area contributed by atoms with E-state index in [0.29, 0.717) is 12.0 Å². The van der Waals surface area contributed by atoms with E-state index in [-0.39, 0.29) is 24.9 Å². The number of aromatic nitrogens is 2. The van der Waals surface area contributed by atoms with Crippen LogP contribution in [0, 0.1) is 5.92 Å². The van der Waals surface area contributed by atoms with E-state index >= 15 is 0 Å². The van der Waals surface area contributed by atoms with Gasteiger partial charge in [0, 0.05) is 0 Å². The van der Waals surface area contributed by atoms with Crippen molar-refractivity contribution in [1.82, 2.24) is 14.6 Å². The number of carbonyl (C=O) groups is 3. The topological polar surface area (TPSA) is 231 Å². The summed E-state index contributed by atoms with van der Waals surface area (Å²) in [6.07, 6.45) is -5.16. The van der Waals surface area contributed by atoms with Gasteiger partial charge < -0.3 is 39.8 Å². The number of imidazole rings is 1. The molecular weight excluding hydrogens is 651 g/mol. The number of rotatable bonds is 17. The third-order valence-electron chi connectivity index (χ3n) is 7.14. The van der Waals surface area contributed by atoms with E-state index in [2.05, 4.69) is 10.1 Å². The second-order valence-electron chi connectivity index (χ2n) is 11.3. The first-order valence-electron chi connectivity index (χ1n) is 15.1. The molecule has 17 heteroatoms. The van der Waals surface area contributed by atoms with E-state index < -0.39 is 80.8 Å². The van der Waals surface area contributed by atoms with Gasteiger partial charge in [0.2, 0.25) is 5.88 Å². The number of aromatic hydroxyl groups is 1. The minimum absolute atomic E-state index is 0.0670. The van der Waals surface area contributed by atoms with Gasteiger partial charge in [-0.1, -0.05) is 62.4 Å². The molecule has 0 saturated carbocycles. The fourth-order valence-corrected chi connectivity index (χ4v) is 6.03. The van der Waals surface area contributed by atoms with Gasteiger partial charge in [-0.05, 0) is 30.0 Å². The lowest BCUT2D eigenvalue weighted by molar-refractivity contribution is -0.153. The highest BCUT2D eigenvalue weighted by atomic mass is 31.2. The molecule has 1 aromatic heterocycles. The second-order valence-corrected chi connectivity index (χ2v) is 13.0. The Kier molecular flexibility index (Phi) is 12.7. The molecule has 1 amide bonds. The maximum atomic E-state index is 14.3. The largest absolute Gasteiger partial charge is 0.493 e. The van der Waals surface area contributed by atoms with Crippen molar-refractivity contribution in [2.75, 3.05) is 13.2 Å². The number of primary amides is 1. The van der Waals surface area contributed by atoms with Gasteiger partial charge in [0.1, 0.15) is 43.0 Å². The Morgan fingerprint density at radius 1 is 1.04 bits per heavy atom. The van der Waals surface area contributed by atoms with Crippen molar-refractivity contribution >= 4 is 25.6 Å². The molecule has 0 aliphatic carbocycles. The summed E-state index contributed by atoms with van der Waals surface area (Å²) in [5.41, 5.74) is 5.36. The molecule has 1 saturated heterocycles. The summed E-state index contributed by atoms with van der Waals surface area (Å²) in [6.45, 7) is 3.18. The maximum Gasteiger partial charge on any atom is 0.459 e. The van der Waals surface area contributed by atoms with Crippen LogP contribution in [0.5, 0.6) is 11.6 Å². The zero-order chi connectivity index (χ0) is 34.8. The van der Waals surface area contributed by atoms with Gasteiger partial charge in [-0.2, -0.15) is 5.09 Å². The molecular formula is C31H39N4O12P. The second kappa shape index (κ2) is 16.7. The van der Waals surface area contributed by atoms with Crippen LogP contribution in [0.3, 0.4) is 0 Å². The molecule has 1 aliphatic rings. The normalized spacial score (nSPS) is 20.9. The molecule has 2 heterocycles. The molecule has 48 heavy (non-hydrogen) atoms. The number of aliphatic hydroxyl groups is 2. The van der Waals surface area contributed by atoms with E-state index in [1.165, 1.54) is 12.1 Å². The minimum atomic E-state index is -4.61. The van der Waals surface area contributed by atoms with Gasteiger partial charge in [-0.3, -0.25) is 23.5 Å². The highest BCUT2D eigenvalue weighted by molar-refractivity contribution is 7.52. The van der Waals surface area contributed by atoms with Crippen molar-refractivity contribution in [2.45, 2.75) is 63.9 Å². The van der Waals surface area contributed by atoms with Crippen molar-refractivity contribution in [3.8, 4) is 11.6 Å². The van der Waals surface area contributed by atoms with E-state index in [1.54, 1.807) is 48.5 Å². The number of ether oxygens (including phenoxy) is 3. The number of hydrogen-bond donors (Lipinski definition) is 5. The van der Waals surface area contributed by atoms with Crippen LogP contribution in [0.25, 0.3) is 0 Å². The number of hydrogen-bond acceptors (Lipinski definition) is 13. The number of aliphatic hydroxyl groups excluding tert-OH is 2. The number of carbonyl (C=O) groups excluding carboxylic acids is 3. The predicted octanol–water partition coefficient (Wildman–Crippen LogP) is 2.19. The third-order valence-corrected chi connectivity index (χ3v) is 8.71. The molecule has 260 valence electrons. The lowest BCUT2D eigenvalue weighted by Gasteiger charge is -2.26. The Hall–Kier alpha value is -4.31. The van der Waals surface area contributed by atoms with Crippen LogP contribution in [-0.4, -0.2) is 80.3 Å². The average Bonchev–Trinajstić information content (AvgIpc) is 3.57. The SMILES string of the molecule is CC(C)CCOC(=O)C[C@H](NP(=O)(OC[C@H]1O[C@@H](n2cnc(C(N)=O)c2O)[C@H](O)C1O)Oc1ccccc1)C(=O)OCc1ccccc1. The van der Waals surface area contributed by atoms with Gasteiger partial charge in [0.05, 0.1) is 19.6 Å². The number of para-hydroxylation sites is 1. The fourth-order valence-electron chi connectivity index (χ4n) is 4.53. The van der Waals surface area contributed by atoms with Crippen molar-refractivity contribution in [3.63, 3.8) is 0 Å². The van der Waals surface area contributed by atoms with Crippen molar-refractivity contribution in [3.05, 3.63) is 78.2 Å². The Balaban J connectivity index is 1.53. The van der Waals surface area contributed by atoms with Crippen molar-refractivity contribution in [1.29, 1.82) is 0 Å². The highest BCUT2D eigenvalue weighted by Crippen LogP contribution is 2.46. The first-order valence-corrected chi connectivity index (χ1v) is 16.6. The zero-order valence-corrected chi connectivity index (χ0v) is 27.2. The molecule has 0 radical (unpaired) electrons. The summed E-state index contributed by atoms with van der Waals surface area (Å²) in [5, 5.41) is 34.2. The summed E-state index contributed by atoms with van der Waals surface area (Å²) in [6, 6.07) is 15.0. The Morgan fingerprint density at radius 2 is 1.71 bits per heavy atom. The molecule has 6 atom stereocenters. The smallest absolute Gasteiger partial charge is 0.459 e. The van der Waals surface area contributed by atoms with Gasteiger partial charge in [0.15, 0.2) is 11.9 Å². The first-order chi connectivity index (χ1) is 22.9. The first kappa shape index (κ1) is 36.5. The Labute approximate surface area is 276 Å². The standard InChI is InChI=1S/C31H39N4O12P/c1-19(2)13-14-43-24(36)15-22(31(41)44-16-20-9-5-3-6-10-20)34-48(42,47-21-11-7-4-8-12-21)45-17-23-26(37)27(38)30(46-23)35-18-33-25(28(32)39)29(35)40/h3-12,18-19,22-23,26-27,30,37-38,40H,13-17H2,1-2H3,(H2,32,39)(H,34,42)/t22-,23+,26?,27+,30+,48?/m0/s1. The van der Waals surface area contributed by atoms with Crippen molar-refractivity contribution in [2.24, 2.45) is 11.7 Å². The summed E-state index contributed by atoms with van der Waals surface area (Å²) >= 11 is 0. The number of esters is 2. The van der Waals surface area contributed by atoms with Crippen molar-refractivity contribution < 1.29 is 57.5 Å². The van der Waals surface area contributed by atoms with Crippen LogP contribution in [0.2, 0.25) is 0 Å². The van der Waals surface area contributed by atoms with Gasteiger partial charge >= 0.3 is 19.7 Å². The van der Waals surface area contributed by atoms with Gasteiger partial charge in [-0.15, -0.1) is 0 Å². The maximum absolute atomic E-state index is 14.3. The van der Waals surface area contributed by atoms with Crippen LogP contribution < -0.4 is 15.3 Å². The van der Waals surface area contributed by atoms with E-state index in [4.69, 9.17) is 29.0 Å². The number of nitrogens with two attached hydrogens (primary N) is 1. The molecule has 3 aromatic rings. The molecule has 0 spiro atoms. The number of benzene rings is 2. The summed E-state index contributed by atoms with van der Waals surface area (Å²) in [5.74, 6) is -3.15. The minimum Gasteiger partial charge on any atom is -0.493 e. The van der Waals surface area contributed by atoms with Crippen LogP contribution in [0.1, 0.15) is 49.0 Å². The number of amides is 1. The van der Waals surface area contributed by atoms with E-state index in [0.717, 1.165) is 10.9 Å². The number of nitrogens with one attached hydrogen (secondary N) is 1. The van der Waals surface area contributed by atoms with E-state index in [9.17, 15) is 34.3 Å². The molecule has 6 N–H and O–H groups in total. The van der Waals surface area contributed by atoms with Crippen LogP contribution >= 0.6 is 7.75 Å². The third kappa shape index (κ3) is 9.86. The monoisotopic (exact) mass is 690 g/mol. The quantitative estimate of drug-likeness (QED) is 0.101. The highest BCUT2D eigenvalue weighted by Gasteiger charge is 2.47. The predicted molar refractivity (Wildman–Crippen MR) is 167 cm³/mol. The van der Waals surface area contributed by atoms with Gasteiger partial charge in [0.25, 0.3) is 5.91 Å². The lowest BCUT2D eigenvalue weighted by atomic mass is 10.1. The fraction of sp³-hybridized carbons (Fsp3) is 0.419. The average molecular weight is 691 g/mol.